The van der Waals surface area contributed by atoms with Crippen LogP contribution in [0, 0.1) is 11.3 Å². The second kappa shape index (κ2) is 6.64. The number of rotatable bonds is 5. The Balaban J connectivity index is 2.43. The van der Waals surface area contributed by atoms with Gasteiger partial charge in [0.25, 0.3) is 0 Å². The maximum Gasteiger partial charge on any atom is 0.416 e. The summed E-state index contributed by atoms with van der Waals surface area (Å²) in [6.45, 7) is 1.74. The van der Waals surface area contributed by atoms with E-state index in [9.17, 15) is 23.2 Å². The maximum atomic E-state index is 12.7. The van der Waals surface area contributed by atoms with Crippen LogP contribution in [0.1, 0.15) is 29.8 Å². The summed E-state index contributed by atoms with van der Waals surface area (Å²) >= 11 is 1.04. The molecule has 2 aromatic rings. The van der Waals surface area contributed by atoms with Crippen LogP contribution in [0.2, 0.25) is 0 Å². The van der Waals surface area contributed by atoms with Crippen molar-refractivity contribution in [1.82, 2.24) is 4.98 Å². The predicted octanol–water partition coefficient (Wildman–Crippen LogP) is 3.92. The van der Waals surface area contributed by atoms with Gasteiger partial charge in [-0.1, -0.05) is 6.92 Å². The molecule has 122 valence electrons. The molecule has 0 saturated heterocycles. The first-order valence-electron chi connectivity index (χ1n) is 6.75. The van der Waals surface area contributed by atoms with Gasteiger partial charge in [-0.05, 0) is 24.6 Å². The van der Waals surface area contributed by atoms with Crippen LogP contribution in [0.5, 0.6) is 0 Å². The minimum Gasteiger partial charge on any atom is -0.374 e. The van der Waals surface area contributed by atoms with E-state index in [1.165, 1.54) is 13.2 Å². The van der Waals surface area contributed by atoms with Crippen molar-refractivity contribution in [2.24, 2.45) is 0 Å². The number of nitrogens with zero attached hydrogens (tertiary/aromatic N) is 2. The van der Waals surface area contributed by atoms with Gasteiger partial charge in [-0.2, -0.15) is 18.4 Å². The van der Waals surface area contributed by atoms with Gasteiger partial charge in [0, 0.05) is 7.11 Å². The van der Waals surface area contributed by atoms with Crippen LogP contribution in [-0.2, 0) is 15.7 Å². The Labute approximate surface area is 134 Å². The third-order valence-corrected chi connectivity index (χ3v) is 4.47. The van der Waals surface area contributed by atoms with E-state index < -0.39 is 29.5 Å². The molecule has 2 atom stereocenters. The summed E-state index contributed by atoms with van der Waals surface area (Å²) in [5, 5.41) is 9.44. The molecule has 0 amide bonds. The van der Waals surface area contributed by atoms with Gasteiger partial charge in [-0.15, -0.1) is 11.3 Å². The fourth-order valence-corrected chi connectivity index (χ4v) is 3.16. The fraction of sp³-hybridized carbons (Fsp3) is 0.400. The van der Waals surface area contributed by atoms with Crippen LogP contribution in [0.3, 0.4) is 0 Å². The lowest BCUT2D eigenvalue weighted by molar-refractivity contribution is -0.137. The number of carbonyl (C=O) groups is 1. The molecular formula is C15H13F3N2O2S. The Bertz CT molecular complexity index is 760. The van der Waals surface area contributed by atoms with E-state index in [0.717, 1.165) is 23.5 Å². The van der Waals surface area contributed by atoms with E-state index >= 15 is 0 Å². The number of alkyl halides is 3. The lowest BCUT2D eigenvalue weighted by Crippen LogP contribution is -2.27. The van der Waals surface area contributed by atoms with Crippen LogP contribution in [0.4, 0.5) is 13.2 Å². The maximum absolute atomic E-state index is 12.7. The summed E-state index contributed by atoms with van der Waals surface area (Å²) in [6, 6.07) is 5.04. The Morgan fingerprint density at radius 1 is 1.48 bits per heavy atom. The molecule has 0 bridgehead atoms. The number of nitriles is 1. The van der Waals surface area contributed by atoms with E-state index in [-0.39, 0.29) is 10.5 Å². The molecule has 0 fully saturated rings. The standard InChI is InChI=1S/C15H13F3N2O2S/c1-3-11(22-2)13(21)9(7-19)14-20-10-6-8(15(16,17)18)4-5-12(10)23-14/h4-6,9,11H,3H2,1-2H3/t9-,11+/m1/s1. The molecule has 1 aromatic heterocycles. The molecule has 1 heterocycles. The molecule has 2 rings (SSSR count). The number of halogens is 3. The van der Waals surface area contributed by atoms with Crippen molar-refractivity contribution < 1.29 is 22.7 Å². The molecule has 0 aliphatic heterocycles. The number of Topliss-reactive ketones (excluding diaryl/α,β-unsaturated/α-hetero) is 1. The summed E-state index contributed by atoms with van der Waals surface area (Å²) in [5.41, 5.74) is -0.691. The Kier molecular flexibility index (Phi) is 5.02. The zero-order valence-electron chi connectivity index (χ0n) is 12.3. The molecule has 0 spiro atoms. The van der Waals surface area contributed by atoms with Crippen LogP contribution >= 0.6 is 11.3 Å². The van der Waals surface area contributed by atoms with Crippen LogP contribution in [0.25, 0.3) is 10.2 Å². The lowest BCUT2D eigenvalue weighted by atomic mass is 10.0. The van der Waals surface area contributed by atoms with E-state index in [1.54, 1.807) is 6.92 Å². The third kappa shape index (κ3) is 3.51. The van der Waals surface area contributed by atoms with Gasteiger partial charge in [0.1, 0.15) is 11.1 Å². The van der Waals surface area contributed by atoms with Gasteiger partial charge < -0.3 is 4.74 Å². The Morgan fingerprint density at radius 2 is 2.17 bits per heavy atom. The smallest absolute Gasteiger partial charge is 0.374 e. The summed E-state index contributed by atoms with van der Waals surface area (Å²) < 4.78 is 43.7. The molecule has 0 radical (unpaired) electrons. The topological polar surface area (TPSA) is 63.0 Å². The highest BCUT2D eigenvalue weighted by Crippen LogP contribution is 2.34. The number of aromatic nitrogens is 1. The molecule has 0 aliphatic carbocycles. The van der Waals surface area contributed by atoms with Gasteiger partial charge in [-0.25, -0.2) is 4.98 Å². The fourth-order valence-electron chi connectivity index (χ4n) is 2.16. The van der Waals surface area contributed by atoms with Crippen LogP contribution in [-0.4, -0.2) is 24.0 Å². The molecule has 1 aromatic carbocycles. The van der Waals surface area contributed by atoms with Crippen molar-refractivity contribution in [2.75, 3.05) is 7.11 Å². The van der Waals surface area contributed by atoms with Crippen molar-refractivity contribution in [1.29, 1.82) is 5.26 Å². The quantitative estimate of drug-likeness (QED) is 0.826. The molecule has 0 unspecified atom stereocenters. The molecule has 0 aliphatic rings. The number of ketones is 1. The van der Waals surface area contributed by atoms with Gasteiger partial charge >= 0.3 is 6.18 Å². The van der Waals surface area contributed by atoms with Crippen LogP contribution in [0.15, 0.2) is 18.2 Å². The first-order valence-corrected chi connectivity index (χ1v) is 7.57. The zero-order valence-corrected chi connectivity index (χ0v) is 13.2. The average molecular weight is 342 g/mol. The van der Waals surface area contributed by atoms with Crippen molar-refractivity contribution in [3.63, 3.8) is 0 Å². The second-order valence-corrected chi connectivity index (χ2v) is 5.89. The molecule has 8 heteroatoms. The number of hydrogen-bond donors (Lipinski definition) is 0. The Hall–Kier alpha value is -1.98. The van der Waals surface area contributed by atoms with E-state index in [0.29, 0.717) is 11.1 Å². The monoisotopic (exact) mass is 342 g/mol. The number of hydrogen-bond acceptors (Lipinski definition) is 5. The number of methoxy groups -OCH3 is 1. The van der Waals surface area contributed by atoms with E-state index in [1.807, 2.05) is 6.07 Å². The van der Waals surface area contributed by atoms with Gasteiger partial charge in [0.15, 0.2) is 11.7 Å². The highest BCUT2D eigenvalue weighted by Gasteiger charge is 2.32. The van der Waals surface area contributed by atoms with Crippen LogP contribution < -0.4 is 0 Å². The van der Waals surface area contributed by atoms with Crippen molar-refractivity contribution in [2.45, 2.75) is 31.5 Å². The number of carbonyl (C=O) groups excluding carboxylic acids is 1. The number of benzene rings is 1. The summed E-state index contributed by atoms with van der Waals surface area (Å²) in [7, 11) is 1.37. The van der Waals surface area contributed by atoms with Crippen molar-refractivity contribution >= 4 is 27.3 Å². The molecule has 23 heavy (non-hydrogen) atoms. The molecule has 0 N–H and O–H groups in total. The first kappa shape index (κ1) is 17.4. The predicted molar refractivity (Wildman–Crippen MR) is 79.1 cm³/mol. The lowest BCUT2D eigenvalue weighted by Gasteiger charge is -2.13. The summed E-state index contributed by atoms with van der Waals surface area (Å²) in [6.07, 6.45) is -4.81. The largest absolute Gasteiger partial charge is 0.416 e. The molecular weight excluding hydrogens is 329 g/mol. The third-order valence-electron chi connectivity index (χ3n) is 3.36. The molecule has 0 saturated carbocycles. The van der Waals surface area contributed by atoms with Gasteiger partial charge in [0.05, 0.1) is 21.8 Å². The summed E-state index contributed by atoms with van der Waals surface area (Å²) in [4.78, 5) is 16.3. The second-order valence-electron chi connectivity index (χ2n) is 4.83. The minimum absolute atomic E-state index is 0.123. The summed E-state index contributed by atoms with van der Waals surface area (Å²) in [5.74, 6) is -1.58. The minimum atomic E-state index is -4.47. The number of ether oxygens (including phenoxy) is 1. The highest BCUT2D eigenvalue weighted by atomic mass is 32.1. The first-order chi connectivity index (χ1) is 10.8. The number of fused-ring (bicyclic) bond motifs is 1. The van der Waals surface area contributed by atoms with Crippen molar-refractivity contribution in [3.8, 4) is 6.07 Å². The van der Waals surface area contributed by atoms with E-state index in [4.69, 9.17) is 4.74 Å². The average Bonchev–Trinajstić information content (AvgIpc) is 2.90. The van der Waals surface area contributed by atoms with E-state index in [2.05, 4.69) is 4.98 Å². The normalized spacial score (nSPS) is 14.4. The Morgan fingerprint density at radius 3 is 2.70 bits per heavy atom. The SMILES string of the molecule is CC[C@H](OC)C(=O)[C@@H](C#N)c1nc2cc(C(F)(F)F)ccc2s1. The van der Waals surface area contributed by atoms with Gasteiger partial charge in [-0.3, -0.25) is 4.79 Å². The number of thiazole rings is 1. The molecule has 4 nitrogen and oxygen atoms in total. The zero-order chi connectivity index (χ0) is 17.2. The highest BCUT2D eigenvalue weighted by molar-refractivity contribution is 7.18. The van der Waals surface area contributed by atoms with Gasteiger partial charge in [0.2, 0.25) is 0 Å². The van der Waals surface area contributed by atoms with Crippen molar-refractivity contribution in [3.05, 3.63) is 28.8 Å².